The van der Waals surface area contributed by atoms with E-state index >= 15 is 0 Å². The van der Waals surface area contributed by atoms with Gasteiger partial charge in [0.15, 0.2) is 0 Å². The minimum atomic E-state index is -0.406. The molecule has 2 aromatic carbocycles. The van der Waals surface area contributed by atoms with Crippen LogP contribution in [0.3, 0.4) is 0 Å². The maximum atomic E-state index is 12.4. The summed E-state index contributed by atoms with van der Waals surface area (Å²) in [6, 6.07) is 13.1. The summed E-state index contributed by atoms with van der Waals surface area (Å²) in [5.74, 6) is -0.266. The fourth-order valence-electron chi connectivity index (χ4n) is 2.03. The number of carbonyl (C=O) groups excluding carboxylic acids is 2. The Balaban J connectivity index is 1.95. The molecule has 0 atom stereocenters. The van der Waals surface area contributed by atoms with Crippen LogP contribution in [-0.2, 0) is 4.79 Å². The summed E-state index contributed by atoms with van der Waals surface area (Å²) < 4.78 is 0. The molecule has 0 saturated carbocycles. The Kier molecular flexibility index (Phi) is 3.92. The van der Waals surface area contributed by atoms with Crippen molar-refractivity contribution in [1.82, 2.24) is 0 Å². The third kappa shape index (κ3) is 2.73. The molecule has 0 spiro atoms. The van der Waals surface area contributed by atoms with Gasteiger partial charge in [-0.25, -0.2) is 4.90 Å². The van der Waals surface area contributed by atoms with Crippen LogP contribution in [0.25, 0.3) is 6.08 Å². The largest absolute Gasteiger partial charge is 0.508 e. The molecule has 2 aromatic rings. The number of phenols is 1. The van der Waals surface area contributed by atoms with E-state index in [1.165, 1.54) is 12.1 Å². The predicted molar refractivity (Wildman–Crippen MR) is 88.0 cm³/mol. The lowest BCUT2D eigenvalue weighted by atomic mass is 10.2. The first-order valence-electron chi connectivity index (χ1n) is 6.38. The maximum Gasteiger partial charge on any atom is 0.298 e. The van der Waals surface area contributed by atoms with Gasteiger partial charge in [0.2, 0.25) is 0 Å². The van der Waals surface area contributed by atoms with Crippen LogP contribution < -0.4 is 4.90 Å². The summed E-state index contributed by atoms with van der Waals surface area (Å²) in [4.78, 5) is 26.0. The number of halogens is 1. The van der Waals surface area contributed by atoms with E-state index < -0.39 is 5.91 Å². The van der Waals surface area contributed by atoms with Gasteiger partial charge in [-0.15, -0.1) is 0 Å². The highest BCUT2D eigenvalue weighted by Gasteiger charge is 2.37. The second-order valence-electron chi connectivity index (χ2n) is 4.56. The number of rotatable bonds is 2. The molecule has 6 heteroatoms. The van der Waals surface area contributed by atoms with Crippen molar-refractivity contribution < 1.29 is 14.7 Å². The maximum absolute atomic E-state index is 12.4. The van der Waals surface area contributed by atoms with Crippen molar-refractivity contribution in [2.24, 2.45) is 0 Å². The van der Waals surface area contributed by atoms with Crippen LogP contribution >= 0.6 is 23.4 Å². The standard InChI is InChI=1S/C16H10ClNO3S/c17-12-3-1-2-4-13(12)18-15(20)14(22-16(18)21)9-10-5-7-11(19)8-6-10/h1-9,19H/b14-9-. The van der Waals surface area contributed by atoms with Crippen LogP contribution in [0.1, 0.15) is 5.56 Å². The molecule has 1 heterocycles. The molecule has 1 N–H and O–H groups in total. The molecule has 2 amide bonds. The SMILES string of the molecule is O=C1S/C(=C\c2ccc(O)cc2)C(=O)N1c1ccccc1Cl. The molecule has 0 radical (unpaired) electrons. The summed E-state index contributed by atoms with van der Waals surface area (Å²) >= 11 is 6.92. The molecule has 1 saturated heterocycles. The van der Waals surface area contributed by atoms with Gasteiger partial charge in [-0.05, 0) is 47.7 Å². The average molecular weight is 332 g/mol. The molecule has 0 aliphatic carbocycles. The molecular weight excluding hydrogens is 322 g/mol. The quantitative estimate of drug-likeness (QED) is 0.834. The lowest BCUT2D eigenvalue weighted by molar-refractivity contribution is -0.113. The fraction of sp³-hybridized carbons (Fsp3) is 0. The number of amides is 2. The van der Waals surface area contributed by atoms with Crippen molar-refractivity contribution in [2.75, 3.05) is 4.90 Å². The molecule has 22 heavy (non-hydrogen) atoms. The third-order valence-corrected chi connectivity index (χ3v) is 4.27. The zero-order valence-electron chi connectivity index (χ0n) is 11.2. The number of phenolic OH excluding ortho intramolecular Hbond substituents is 1. The number of benzene rings is 2. The van der Waals surface area contributed by atoms with Crippen molar-refractivity contribution in [1.29, 1.82) is 0 Å². The van der Waals surface area contributed by atoms with Gasteiger partial charge in [0.25, 0.3) is 11.1 Å². The topological polar surface area (TPSA) is 57.6 Å². The van der Waals surface area contributed by atoms with Gasteiger partial charge < -0.3 is 5.11 Å². The van der Waals surface area contributed by atoms with Crippen molar-refractivity contribution in [3.8, 4) is 5.75 Å². The van der Waals surface area contributed by atoms with Crippen LogP contribution in [0.4, 0.5) is 10.5 Å². The molecule has 3 rings (SSSR count). The summed E-state index contributed by atoms with van der Waals surface area (Å²) in [6.07, 6.45) is 1.61. The third-order valence-electron chi connectivity index (χ3n) is 3.08. The second-order valence-corrected chi connectivity index (χ2v) is 5.96. The Labute approximate surface area is 136 Å². The molecule has 1 aliphatic rings. The van der Waals surface area contributed by atoms with Crippen LogP contribution in [-0.4, -0.2) is 16.3 Å². The monoisotopic (exact) mass is 331 g/mol. The molecule has 4 nitrogen and oxygen atoms in total. The van der Waals surface area contributed by atoms with Crippen molar-refractivity contribution >= 4 is 46.3 Å². The normalized spacial score (nSPS) is 16.6. The van der Waals surface area contributed by atoms with E-state index in [0.29, 0.717) is 15.6 Å². The van der Waals surface area contributed by atoms with Gasteiger partial charge in [-0.2, -0.15) is 0 Å². The number of imide groups is 1. The predicted octanol–water partition coefficient (Wildman–Crippen LogP) is 4.29. The Morgan fingerprint density at radius 3 is 2.41 bits per heavy atom. The Morgan fingerprint density at radius 1 is 1.05 bits per heavy atom. The number of carbonyl (C=O) groups is 2. The van der Waals surface area contributed by atoms with E-state index in [2.05, 4.69) is 0 Å². The fourth-order valence-corrected chi connectivity index (χ4v) is 3.08. The molecule has 1 aliphatic heterocycles. The second kappa shape index (κ2) is 5.87. The zero-order valence-corrected chi connectivity index (χ0v) is 12.8. The van der Waals surface area contributed by atoms with E-state index in [0.717, 1.165) is 22.2 Å². The summed E-state index contributed by atoms with van der Waals surface area (Å²) in [7, 11) is 0. The van der Waals surface area contributed by atoms with Gasteiger partial charge in [-0.1, -0.05) is 35.9 Å². The highest BCUT2D eigenvalue weighted by Crippen LogP contribution is 2.38. The van der Waals surface area contributed by atoms with Crippen LogP contribution in [0.15, 0.2) is 53.4 Å². The number of para-hydroxylation sites is 1. The van der Waals surface area contributed by atoms with Gasteiger partial charge in [0.05, 0.1) is 15.6 Å². The first-order valence-corrected chi connectivity index (χ1v) is 7.57. The number of hydrogen-bond donors (Lipinski definition) is 1. The number of hydrogen-bond acceptors (Lipinski definition) is 4. The first-order chi connectivity index (χ1) is 10.6. The molecule has 0 unspecified atom stereocenters. The van der Waals surface area contributed by atoms with E-state index in [1.807, 2.05) is 0 Å². The van der Waals surface area contributed by atoms with Gasteiger partial charge in [-0.3, -0.25) is 9.59 Å². The lowest BCUT2D eigenvalue weighted by Crippen LogP contribution is -2.27. The van der Waals surface area contributed by atoms with E-state index in [1.54, 1.807) is 42.5 Å². The highest BCUT2D eigenvalue weighted by molar-refractivity contribution is 8.19. The Morgan fingerprint density at radius 2 is 1.73 bits per heavy atom. The molecular formula is C16H10ClNO3S. The summed E-state index contributed by atoms with van der Waals surface area (Å²) in [5.41, 5.74) is 1.10. The number of anilines is 1. The smallest absolute Gasteiger partial charge is 0.298 e. The first kappa shape index (κ1) is 14.7. The van der Waals surface area contributed by atoms with Crippen LogP contribution in [0.5, 0.6) is 5.75 Å². The summed E-state index contributed by atoms with van der Waals surface area (Å²) in [5, 5.41) is 9.22. The highest BCUT2D eigenvalue weighted by atomic mass is 35.5. The van der Waals surface area contributed by atoms with Gasteiger partial charge in [0.1, 0.15) is 5.75 Å². The molecule has 1 fully saturated rings. The van der Waals surface area contributed by atoms with Gasteiger partial charge >= 0.3 is 0 Å². The number of nitrogens with zero attached hydrogens (tertiary/aromatic N) is 1. The lowest BCUT2D eigenvalue weighted by Gasteiger charge is -2.13. The van der Waals surface area contributed by atoms with Crippen molar-refractivity contribution in [3.05, 3.63) is 64.0 Å². The van der Waals surface area contributed by atoms with Crippen LogP contribution in [0.2, 0.25) is 5.02 Å². The average Bonchev–Trinajstić information content (AvgIpc) is 2.77. The zero-order chi connectivity index (χ0) is 15.7. The molecule has 110 valence electrons. The minimum Gasteiger partial charge on any atom is -0.508 e. The summed E-state index contributed by atoms with van der Waals surface area (Å²) in [6.45, 7) is 0. The van der Waals surface area contributed by atoms with E-state index in [9.17, 15) is 14.7 Å². The Hall–Kier alpha value is -2.24. The van der Waals surface area contributed by atoms with E-state index in [-0.39, 0.29) is 11.0 Å². The van der Waals surface area contributed by atoms with Crippen molar-refractivity contribution in [2.45, 2.75) is 0 Å². The number of aromatic hydroxyl groups is 1. The molecule has 0 bridgehead atoms. The molecule has 0 aromatic heterocycles. The van der Waals surface area contributed by atoms with Crippen molar-refractivity contribution in [3.63, 3.8) is 0 Å². The minimum absolute atomic E-state index is 0.140. The van der Waals surface area contributed by atoms with E-state index in [4.69, 9.17) is 11.6 Å². The van der Waals surface area contributed by atoms with Gasteiger partial charge in [0, 0.05) is 0 Å². The number of thioether (sulfide) groups is 1. The Bertz CT molecular complexity index is 786. The van der Waals surface area contributed by atoms with Crippen LogP contribution in [0, 0.1) is 0 Å².